The fourth-order valence-electron chi connectivity index (χ4n) is 7.05. The largest absolute Gasteiger partial charge is 0.497 e. The molecule has 2 unspecified atom stereocenters. The van der Waals surface area contributed by atoms with Crippen molar-refractivity contribution in [2.24, 2.45) is 5.41 Å². The predicted molar refractivity (Wildman–Crippen MR) is 152 cm³/mol. The number of amides is 1. The van der Waals surface area contributed by atoms with Crippen LogP contribution in [0, 0.1) is 5.41 Å². The van der Waals surface area contributed by atoms with Crippen LogP contribution in [0.2, 0.25) is 0 Å². The van der Waals surface area contributed by atoms with Crippen molar-refractivity contribution in [1.29, 1.82) is 0 Å². The van der Waals surface area contributed by atoms with E-state index >= 15 is 0 Å². The van der Waals surface area contributed by atoms with Gasteiger partial charge >= 0.3 is 16.2 Å². The van der Waals surface area contributed by atoms with E-state index in [1.54, 1.807) is 19.2 Å². The van der Waals surface area contributed by atoms with E-state index in [0.29, 0.717) is 12.5 Å². The number of benzene rings is 2. The van der Waals surface area contributed by atoms with Gasteiger partial charge in [0.2, 0.25) is 0 Å². The second-order valence-corrected chi connectivity index (χ2v) is 13.7. The van der Waals surface area contributed by atoms with Gasteiger partial charge in [0, 0.05) is 48.1 Å². The first-order chi connectivity index (χ1) is 19.0. The number of carboxylic acids is 1. The maximum Gasteiger partial charge on any atom is 0.303 e. The minimum atomic E-state index is -3.96. The van der Waals surface area contributed by atoms with E-state index < -0.39 is 27.5 Å². The van der Waals surface area contributed by atoms with Gasteiger partial charge in [-0.05, 0) is 72.6 Å². The van der Waals surface area contributed by atoms with Crippen molar-refractivity contribution in [3.63, 3.8) is 0 Å². The molecule has 0 saturated heterocycles. The van der Waals surface area contributed by atoms with E-state index in [-0.39, 0.29) is 17.9 Å². The van der Waals surface area contributed by atoms with E-state index in [1.165, 1.54) is 26.1 Å². The van der Waals surface area contributed by atoms with Gasteiger partial charge in [0.1, 0.15) is 5.75 Å². The number of carboxylic acid groups (broad SMARTS) is 1. The van der Waals surface area contributed by atoms with Crippen molar-refractivity contribution < 1.29 is 27.9 Å². The lowest BCUT2D eigenvalue weighted by molar-refractivity contribution is -0.138. The quantitative estimate of drug-likeness (QED) is 0.422. The second kappa shape index (κ2) is 9.62. The third kappa shape index (κ3) is 4.37. The monoisotopic (exact) mass is 565 g/mol. The number of rotatable bonds is 7. The molecular weight excluding hydrogens is 530 g/mol. The molecule has 2 saturated carbocycles. The molecule has 0 radical (unpaired) electrons. The summed E-state index contributed by atoms with van der Waals surface area (Å²) in [7, 11) is 0.413. The van der Waals surface area contributed by atoms with Gasteiger partial charge in [0.15, 0.2) is 0 Å². The molecule has 0 bridgehead atoms. The molecule has 6 rings (SSSR count). The molecule has 1 aromatic heterocycles. The van der Waals surface area contributed by atoms with Crippen LogP contribution in [0.4, 0.5) is 0 Å². The summed E-state index contributed by atoms with van der Waals surface area (Å²) in [6.45, 7) is 0.514. The number of carbonyl (C=O) groups is 2. The molecule has 2 aromatic carbocycles. The highest BCUT2D eigenvalue weighted by atomic mass is 32.2. The van der Waals surface area contributed by atoms with Crippen molar-refractivity contribution >= 4 is 33.0 Å². The van der Waals surface area contributed by atoms with E-state index in [4.69, 9.17) is 4.74 Å². The Morgan fingerprint density at radius 1 is 1.12 bits per heavy atom. The molecule has 9 nitrogen and oxygen atoms in total. The maximum atomic E-state index is 13.1. The third-order valence-electron chi connectivity index (χ3n) is 9.14. The first kappa shape index (κ1) is 26.8. The first-order valence-electron chi connectivity index (χ1n) is 13.9. The molecule has 2 N–H and O–H groups in total. The lowest BCUT2D eigenvalue weighted by Crippen LogP contribution is -2.39. The molecule has 2 heterocycles. The lowest BCUT2D eigenvalue weighted by atomic mass is 9.81. The first-order valence-corrected chi connectivity index (χ1v) is 15.3. The Morgan fingerprint density at radius 2 is 1.88 bits per heavy atom. The van der Waals surface area contributed by atoms with Crippen molar-refractivity contribution in [3.05, 3.63) is 53.1 Å². The normalized spacial score (nSPS) is 22.2. The molecule has 1 amide bonds. The molecule has 0 spiro atoms. The average molecular weight is 566 g/mol. The number of nitrogens with one attached hydrogen (secondary N) is 1. The molecular formula is C30H35N3O6S. The minimum Gasteiger partial charge on any atom is -0.497 e. The van der Waals surface area contributed by atoms with Crippen molar-refractivity contribution in [3.8, 4) is 17.0 Å². The van der Waals surface area contributed by atoms with Gasteiger partial charge in [-0.3, -0.25) is 9.59 Å². The van der Waals surface area contributed by atoms with E-state index in [0.717, 1.165) is 69.9 Å². The Balaban J connectivity index is 1.59. The molecule has 10 heteroatoms. The lowest BCUT2D eigenvalue weighted by Gasteiger charge is -2.24. The number of aromatic nitrogens is 1. The number of hydrogen-bond donors (Lipinski definition) is 2. The van der Waals surface area contributed by atoms with Crippen LogP contribution in [0.5, 0.6) is 5.75 Å². The third-order valence-corrected chi connectivity index (χ3v) is 10.5. The highest BCUT2D eigenvalue weighted by molar-refractivity contribution is 7.87. The molecule has 1 aliphatic heterocycles. The summed E-state index contributed by atoms with van der Waals surface area (Å²) in [5.74, 6) is -0.331. The summed E-state index contributed by atoms with van der Waals surface area (Å²) < 4.78 is 35.6. The Bertz CT molecular complexity index is 1640. The summed E-state index contributed by atoms with van der Waals surface area (Å²) in [5, 5.41) is 10.9. The zero-order valence-electron chi connectivity index (χ0n) is 23.1. The van der Waals surface area contributed by atoms with Gasteiger partial charge in [-0.1, -0.05) is 25.3 Å². The number of hydrogen-bond acceptors (Lipinski definition) is 5. The Labute approximate surface area is 234 Å². The Hall–Kier alpha value is -3.37. The standard InChI is InChI=1S/C30H35N3O6S/c1-32(2)40(37,38)31-29(36)19-9-11-22-25(13-19)33-17-30(16-26(34)35)15-24(30)23-14-20(39-3)10-12-21(23)28(33)27(22)18-7-5-4-6-8-18/h9-14,18,24H,4-8,15-17H2,1-3H3,(H,31,36)(H,34,35). The molecule has 3 aromatic rings. The van der Waals surface area contributed by atoms with Crippen LogP contribution in [-0.2, 0) is 21.5 Å². The summed E-state index contributed by atoms with van der Waals surface area (Å²) in [6, 6.07) is 11.5. The number of methoxy groups -OCH3 is 1. The van der Waals surface area contributed by atoms with E-state index in [1.807, 2.05) is 12.1 Å². The molecule has 2 atom stereocenters. The second-order valence-electron chi connectivity index (χ2n) is 11.8. The number of fused-ring (bicyclic) bond motifs is 7. The SMILES string of the molecule is COc1ccc2c(c1)C1CC1(CC(=O)O)Cn1c-2c(C2CCCCC2)c2ccc(C(=O)NS(=O)(=O)N(C)C)cc21. The fourth-order valence-corrected chi connectivity index (χ4v) is 7.58. The summed E-state index contributed by atoms with van der Waals surface area (Å²) in [6.07, 6.45) is 6.48. The predicted octanol–water partition coefficient (Wildman–Crippen LogP) is 4.86. The number of nitrogens with zero attached hydrogens (tertiary/aromatic N) is 2. The van der Waals surface area contributed by atoms with Crippen LogP contribution < -0.4 is 9.46 Å². The van der Waals surface area contributed by atoms with Gasteiger partial charge in [-0.15, -0.1) is 0 Å². The molecule has 2 aliphatic carbocycles. The van der Waals surface area contributed by atoms with Gasteiger partial charge in [-0.2, -0.15) is 12.7 Å². The van der Waals surface area contributed by atoms with Gasteiger partial charge in [0.05, 0.1) is 19.2 Å². The zero-order valence-corrected chi connectivity index (χ0v) is 23.9. The van der Waals surface area contributed by atoms with E-state index in [2.05, 4.69) is 21.4 Å². The van der Waals surface area contributed by atoms with Crippen molar-refractivity contribution in [1.82, 2.24) is 13.6 Å². The van der Waals surface area contributed by atoms with Crippen LogP contribution in [-0.4, -0.2) is 55.5 Å². The Morgan fingerprint density at radius 3 is 2.55 bits per heavy atom. The van der Waals surface area contributed by atoms with E-state index in [9.17, 15) is 23.1 Å². The van der Waals surface area contributed by atoms with Gasteiger partial charge < -0.3 is 14.4 Å². The fraction of sp³-hybridized carbons (Fsp3) is 0.467. The summed E-state index contributed by atoms with van der Waals surface area (Å²) in [4.78, 5) is 25.1. The highest BCUT2D eigenvalue weighted by Crippen LogP contribution is 2.67. The number of ether oxygens (including phenoxy) is 1. The van der Waals surface area contributed by atoms with Crippen LogP contribution in [0.15, 0.2) is 36.4 Å². The number of carbonyl (C=O) groups excluding carboxylic acids is 1. The summed E-state index contributed by atoms with van der Waals surface area (Å²) in [5.41, 5.74) is 5.19. The molecule has 3 aliphatic rings. The van der Waals surface area contributed by atoms with Gasteiger partial charge in [-0.25, -0.2) is 4.72 Å². The Kier molecular flexibility index (Phi) is 6.46. The van der Waals surface area contributed by atoms with Crippen LogP contribution in [0.25, 0.3) is 22.2 Å². The maximum absolute atomic E-state index is 13.1. The highest BCUT2D eigenvalue weighted by Gasteiger charge is 2.58. The molecule has 212 valence electrons. The smallest absolute Gasteiger partial charge is 0.303 e. The van der Waals surface area contributed by atoms with Crippen LogP contribution >= 0.6 is 0 Å². The average Bonchev–Trinajstić information content (AvgIpc) is 3.54. The van der Waals surface area contributed by atoms with Crippen LogP contribution in [0.1, 0.15) is 78.3 Å². The van der Waals surface area contributed by atoms with Crippen molar-refractivity contribution in [2.75, 3.05) is 21.2 Å². The number of aliphatic carboxylic acids is 1. The van der Waals surface area contributed by atoms with Crippen molar-refractivity contribution in [2.45, 2.75) is 63.3 Å². The molecule has 40 heavy (non-hydrogen) atoms. The summed E-state index contributed by atoms with van der Waals surface area (Å²) >= 11 is 0. The minimum absolute atomic E-state index is 0.0491. The van der Waals surface area contributed by atoms with Crippen LogP contribution in [0.3, 0.4) is 0 Å². The van der Waals surface area contributed by atoms with Gasteiger partial charge in [0.25, 0.3) is 5.91 Å². The molecule has 2 fully saturated rings. The zero-order chi connectivity index (χ0) is 28.4. The topological polar surface area (TPSA) is 118 Å².